The zero-order valence-corrected chi connectivity index (χ0v) is 13.6. The van der Waals surface area contributed by atoms with Crippen LogP contribution in [0.3, 0.4) is 0 Å². The number of rotatable bonds is 3. The van der Waals surface area contributed by atoms with Gasteiger partial charge in [-0.1, -0.05) is 18.2 Å². The number of nitrogens with zero attached hydrogens (tertiary/aromatic N) is 1. The minimum Gasteiger partial charge on any atom is -0.448 e. The van der Waals surface area contributed by atoms with Gasteiger partial charge in [0.25, 0.3) is 5.91 Å². The van der Waals surface area contributed by atoms with E-state index in [1.54, 1.807) is 0 Å². The summed E-state index contributed by atoms with van der Waals surface area (Å²) in [5, 5.41) is 3.55. The number of amides is 3. The van der Waals surface area contributed by atoms with Crippen molar-refractivity contribution in [2.75, 3.05) is 13.1 Å². The van der Waals surface area contributed by atoms with Gasteiger partial charge in [-0.2, -0.15) is 0 Å². The molecule has 3 amide bonds. The molecule has 0 aliphatic carbocycles. The van der Waals surface area contributed by atoms with E-state index in [0.29, 0.717) is 18.0 Å². The Kier molecular flexibility index (Phi) is 4.04. The Bertz CT molecular complexity index is 798. The van der Waals surface area contributed by atoms with E-state index < -0.39 is 24.0 Å². The number of hydrogen-bond donors (Lipinski definition) is 1. The molecule has 1 aliphatic heterocycles. The number of nitrogens with one attached hydrogen (secondary N) is 1. The lowest BCUT2D eigenvalue weighted by Crippen LogP contribution is -2.41. The van der Waals surface area contributed by atoms with Gasteiger partial charge in [-0.15, -0.1) is 11.3 Å². The lowest BCUT2D eigenvalue weighted by atomic mass is 10.1. The first-order valence-corrected chi connectivity index (χ1v) is 8.09. The third-order valence-corrected chi connectivity index (χ3v) is 5.04. The van der Waals surface area contributed by atoms with Crippen LogP contribution >= 0.6 is 11.3 Å². The molecule has 1 aliphatic rings. The van der Waals surface area contributed by atoms with Crippen molar-refractivity contribution in [3.8, 4) is 0 Å². The van der Waals surface area contributed by atoms with Crippen molar-refractivity contribution in [3.05, 3.63) is 34.7 Å². The van der Waals surface area contributed by atoms with Gasteiger partial charge in [-0.25, -0.2) is 9.59 Å². The number of esters is 1. The highest BCUT2D eigenvalue weighted by Gasteiger charge is 2.32. The summed E-state index contributed by atoms with van der Waals surface area (Å²) in [4.78, 5) is 37.6. The topological polar surface area (TPSA) is 75.7 Å². The van der Waals surface area contributed by atoms with E-state index in [0.717, 1.165) is 20.5 Å². The predicted octanol–water partition coefficient (Wildman–Crippen LogP) is 2.31. The number of benzene rings is 1. The smallest absolute Gasteiger partial charge is 0.349 e. The van der Waals surface area contributed by atoms with E-state index >= 15 is 0 Å². The van der Waals surface area contributed by atoms with E-state index in [1.807, 2.05) is 31.2 Å². The molecule has 1 N–H and O–H groups in total. The SMILES string of the molecule is Cc1c(C(=O)O[C@H](C)C(=O)N2CCNC2=O)sc2ccccc12. The van der Waals surface area contributed by atoms with Crippen molar-refractivity contribution in [1.82, 2.24) is 10.2 Å². The molecule has 3 rings (SSSR count). The molecule has 1 fully saturated rings. The Balaban J connectivity index is 1.76. The summed E-state index contributed by atoms with van der Waals surface area (Å²) in [6.07, 6.45) is -1.00. The van der Waals surface area contributed by atoms with Gasteiger partial charge < -0.3 is 10.1 Å². The summed E-state index contributed by atoms with van der Waals surface area (Å²) in [6.45, 7) is 4.05. The summed E-state index contributed by atoms with van der Waals surface area (Å²) >= 11 is 1.34. The van der Waals surface area contributed by atoms with Gasteiger partial charge >= 0.3 is 12.0 Å². The van der Waals surface area contributed by atoms with Crippen LogP contribution in [0.5, 0.6) is 0 Å². The normalized spacial score (nSPS) is 15.6. The van der Waals surface area contributed by atoms with Gasteiger partial charge in [0.2, 0.25) is 0 Å². The monoisotopic (exact) mass is 332 g/mol. The number of fused-ring (bicyclic) bond motifs is 1. The first kappa shape index (κ1) is 15.5. The van der Waals surface area contributed by atoms with Crippen molar-refractivity contribution in [2.24, 2.45) is 0 Å². The zero-order chi connectivity index (χ0) is 16.6. The summed E-state index contributed by atoms with van der Waals surface area (Å²) in [6, 6.07) is 7.26. The van der Waals surface area contributed by atoms with Gasteiger partial charge in [0.05, 0.1) is 0 Å². The van der Waals surface area contributed by atoms with Crippen molar-refractivity contribution < 1.29 is 19.1 Å². The Morgan fingerprint density at radius 3 is 2.74 bits per heavy atom. The van der Waals surface area contributed by atoms with Crippen LogP contribution in [0.4, 0.5) is 4.79 Å². The van der Waals surface area contributed by atoms with Crippen LogP contribution in [0.25, 0.3) is 10.1 Å². The number of carbonyl (C=O) groups excluding carboxylic acids is 3. The highest BCUT2D eigenvalue weighted by Crippen LogP contribution is 2.31. The lowest BCUT2D eigenvalue weighted by molar-refractivity contribution is -0.136. The average molecular weight is 332 g/mol. The van der Waals surface area contributed by atoms with E-state index in [1.165, 1.54) is 18.3 Å². The molecule has 1 aromatic heterocycles. The van der Waals surface area contributed by atoms with Crippen molar-refractivity contribution in [3.63, 3.8) is 0 Å². The highest BCUT2D eigenvalue weighted by molar-refractivity contribution is 7.21. The fraction of sp³-hybridized carbons (Fsp3) is 0.312. The first-order chi connectivity index (χ1) is 11.0. The minimum absolute atomic E-state index is 0.293. The van der Waals surface area contributed by atoms with Gasteiger partial charge in [0.1, 0.15) is 4.88 Å². The van der Waals surface area contributed by atoms with Crippen LogP contribution in [0, 0.1) is 6.92 Å². The number of ether oxygens (including phenoxy) is 1. The maximum absolute atomic E-state index is 12.4. The van der Waals surface area contributed by atoms with Crippen LogP contribution in [0.15, 0.2) is 24.3 Å². The number of imide groups is 1. The van der Waals surface area contributed by atoms with E-state index in [2.05, 4.69) is 5.32 Å². The molecule has 6 nitrogen and oxygen atoms in total. The Hall–Kier alpha value is -2.41. The molecule has 7 heteroatoms. The Morgan fingerprint density at radius 1 is 1.35 bits per heavy atom. The molecule has 120 valence electrons. The number of carbonyl (C=O) groups is 3. The molecule has 1 atom stereocenters. The third kappa shape index (κ3) is 2.79. The molecule has 2 heterocycles. The second-order valence-electron chi connectivity index (χ2n) is 5.32. The molecule has 1 saturated heterocycles. The maximum Gasteiger partial charge on any atom is 0.349 e. The average Bonchev–Trinajstić information content (AvgIpc) is 3.11. The summed E-state index contributed by atoms with van der Waals surface area (Å²) < 4.78 is 6.26. The molecule has 2 aromatic rings. The van der Waals surface area contributed by atoms with E-state index in [4.69, 9.17) is 4.74 Å². The summed E-state index contributed by atoms with van der Waals surface area (Å²) in [7, 11) is 0. The van der Waals surface area contributed by atoms with Gasteiger partial charge in [0.15, 0.2) is 6.10 Å². The van der Waals surface area contributed by atoms with Crippen molar-refractivity contribution >= 4 is 39.3 Å². The third-order valence-electron chi connectivity index (χ3n) is 3.78. The van der Waals surface area contributed by atoms with Gasteiger partial charge in [0, 0.05) is 17.8 Å². The number of hydrogen-bond acceptors (Lipinski definition) is 5. The van der Waals surface area contributed by atoms with Crippen molar-refractivity contribution in [2.45, 2.75) is 20.0 Å². The number of aryl methyl sites for hydroxylation is 1. The second kappa shape index (κ2) is 6.00. The fourth-order valence-electron chi connectivity index (χ4n) is 2.53. The van der Waals surface area contributed by atoms with Crippen LogP contribution in [0.1, 0.15) is 22.2 Å². The van der Waals surface area contributed by atoms with Crippen LogP contribution < -0.4 is 5.32 Å². The number of thiophene rings is 1. The molecular weight excluding hydrogens is 316 g/mol. The first-order valence-electron chi connectivity index (χ1n) is 7.27. The Morgan fingerprint density at radius 2 is 2.09 bits per heavy atom. The van der Waals surface area contributed by atoms with Crippen LogP contribution in [-0.4, -0.2) is 42.0 Å². The quantitative estimate of drug-likeness (QED) is 0.875. The Labute approximate surface area is 137 Å². The van der Waals surface area contributed by atoms with E-state index in [9.17, 15) is 14.4 Å². The molecule has 23 heavy (non-hydrogen) atoms. The molecule has 0 unspecified atom stereocenters. The van der Waals surface area contributed by atoms with Gasteiger partial charge in [-0.05, 0) is 30.9 Å². The predicted molar refractivity (Wildman–Crippen MR) is 86.6 cm³/mol. The fourth-order valence-corrected chi connectivity index (χ4v) is 3.63. The number of urea groups is 1. The molecule has 0 radical (unpaired) electrons. The largest absolute Gasteiger partial charge is 0.448 e. The zero-order valence-electron chi connectivity index (χ0n) is 12.8. The van der Waals surface area contributed by atoms with Crippen LogP contribution in [0.2, 0.25) is 0 Å². The molecule has 0 spiro atoms. The summed E-state index contributed by atoms with van der Waals surface area (Å²) in [5.41, 5.74) is 0.842. The lowest BCUT2D eigenvalue weighted by Gasteiger charge is -2.17. The molecule has 0 saturated carbocycles. The maximum atomic E-state index is 12.4. The molecule has 1 aromatic carbocycles. The van der Waals surface area contributed by atoms with Gasteiger partial charge in [-0.3, -0.25) is 9.69 Å². The van der Waals surface area contributed by atoms with Crippen molar-refractivity contribution in [1.29, 1.82) is 0 Å². The standard InChI is InChI=1S/C16H16N2O4S/c1-9-11-5-3-4-6-12(11)23-13(9)15(20)22-10(2)14(19)18-8-7-17-16(18)21/h3-6,10H,7-8H2,1-2H3,(H,17,21)/t10-/m1/s1. The second-order valence-corrected chi connectivity index (χ2v) is 6.37. The molecule has 0 bridgehead atoms. The minimum atomic E-state index is -1.00. The van der Waals surface area contributed by atoms with E-state index in [-0.39, 0.29) is 0 Å². The molecular formula is C16H16N2O4S. The summed E-state index contributed by atoms with van der Waals surface area (Å²) in [5.74, 6) is -1.05. The highest BCUT2D eigenvalue weighted by atomic mass is 32.1. The van der Waals surface area contributed by atoms with Crippen LogP contribution in [-0.2, 0) is 9.53 Å².